The summed E-state index contributed by atoms with van der Waals surface area (Å²) in [5.41, 5.74) is 10.5. The molecule has 0 aromatic rings. The van der Waals surface area contributed by atoms with Gasteiger partial charge in [0.15, 0.2) is 0 Å². The summed E-state index contributed by atoms with van der Waals surface area (Å²) < 4.78 is 0. The van der Waals surface area contributed by atoms with Crippen molar-refractivity contribution in [2.45, 2.75) is 31.7 Å². The molecular weight excluding hydrogens is 302 g/mol. The third-order valence-electron chi connectivity index (χ3n) is 3.83. The number of nitrogens with one attached hydrogen (secondary N) is 1. The van der Waals surface area contributed by atoms with Crippen LogP contribution in [-0.4, -0.2) is 72.4 Å². The lowest BCUT2D eigenvalue weighted by atomic mass is 10.1. The van der Waals surface area contributed by atoms with Gasteiger partial charge in [0.05, 0.1) is 0 Å². The van der Waals surface area contributed by atoms with Crippen LogP contribution in [0.4, 0.5) is 0 Å². The zero-order valence-electron chi connectivity index (χ0n) is 13.2. The molecule has 8 heteroatoms. The van der Waals surface area contributed by atoms with Crippen LogP contribution in [0.2, 0.25) is 0 Å². The molecule has 1 aliphatic rings. The Morgan fingerprint density at radius 3 is 2.41 bits per heavy atom. The number of piperazine rings is 1. The SMILES string of the molecule is CN1CCN(CCCCCC(=O)NC(=S)C(N)C(N)=O)CC1. The molecule has 1 saturated heterocycles. The molecular formula is C14H27N5O2S. The summed E-state index contributed by atoms with van der Waals surface area (Å²) in [6.45, 7) is 5.58. The second-order valence-electron chi connectivity index (χ2n) is 5.75. The van der Waals surface area contributed by atoms with E-state index in [1.807, 2.05) is 0 Å². The van der Waals surface area contributed by atoms with Crippen LogP contribution in [-0.2, 0) is 9.59 Å². The lowest BCUT2D eigenvalue weighted by Gasteiger charge is -2.32. The number of likely N-dealkylation sites (N-methyl/N-ethyl adjacent to an activating group) is 1. The van der Waals surface area contributed by atoms with Crippen molar-refractivity contribution >= 4 is 29.0 Å². The van der Waals surface area contributed by atoms with Gasteiger partial charge in [0.1, 0.15) is 11.0 Å². The van der Waals surface area contributed by atoms with Crippen molar-refractivity contribution in [1.29, 1.82) is 0 Å². The second-order valence-corrected chi connectivity index (χ2v) is 6.19. The first-order valence-electron chi connectivity index (χ1n) is 7.69. The molecule has 2 amide bonds. The fourth-order valence-corrected chi connectivity index (χ4v) is 2.51. The van der Waals surface area contributed by atoms with Gasteiger partial charge < -0.3 is 26.6 Å². The number of unbranched alkanes of at least 4 members (excludes halogenated alkanes) is 2. The third-order valence-corrected chi connectivity index (χ3v) is 4.18. The maximum Gasteiger partial charge on any atom is 0.241 e. The molecule has 1 aliphatic heterocycles. The summed E-state index contributed by atoms with van der Waals surface area (Å²) in [5.74, 6) is -0.946. The molecule has 0 bridgehead atoms. The highest BCUT2D eigenvalue weighted by molar-refractivity contribution is 7.80. The molecule has 0 aliphatic carbocycles. The molecule has 5 N–H and O–H groups in total. The van der Waals surface area contributed by atoms with Gasteiger partial charge in [-0.15, -0.1) is 0 Å². The number of nitrogens with zero attached hydrogens (tertiary/aromatic N) is 2. The van der Waals surface area contributed by atoms with Gasteiger partial charge in [-0.1, -0.05) is 18.6 Å². The van der Waals surface area contributed by atoms with Crippen LogP contribution in [0.5, 0.6) is 0 Å². The van der Waals surface area contributed by atoms with E-state index in [-0.39, 0.29) is 10.9 Å². The van der Waals surface area contributed by atoms with Crippen LogP contribution in [0.1, 0.15) is 25.7 Å². The average Bonchev–Trinajstić information content (AvgIpc) is 2.47. The number of thiocarbonyl (C=S) groups is 1. The van der Waals surface area contributed by atoms with Gasteiger partial charge in [0.25, 0.3) is 0 Å². The zero-order chi connectivity index (χ0) is 16.5. The Morgan fingerprint density at radius 1 is 1.18 bits per heavy atom. The fourth-order valence-electron chi connectivity index (χ4n) is 2.28. The maximum absolute atomic E-state index is 11.7. The van der Waals surface area contributed by atoms with Gasteiger partial charge in [-0.2, -0.15) is 0 Å². The molecule has 0 aromatic carbocycles. The van der Waals surface area contributed by atoms with Crippen molar-refractivity contribution in [3.05, 3.63) is 0 Å². The number of nitrogens with two attached hydrogens (primary N) is 2. The molecule has 7 nitrogen and oxygen atoms in total. The van der Waals surface area contributed by atoms with E-state index in [1.54, 1.807) is 0 Å². The van der Waals surface area contributed by atoms with Crippen LogP contribution in [0.15, 0.2) is 0 Å². The van der Waals surface area contributed by atoms with Crippen LogP contribution < -0.4 is 16.8 Å². The molecule has 0 aromatic heterocycles. The number of hydrogen-bond donors (Lipinski definition) is 3. The van der Waals surface area contributed by atoms with Crippen molar-refractivity contribution in [3.63, 3.8) is 0 Å². The molecule has 1 atom stereocenters. The Labute approximate surface area is 137 Å². The van der Waals surface area contributed by atoms with E-state index < -0.39 is 11.9 Å². The number of primary amides is 1. The van der Waals surface area contributed by atoms with E-state index in [0.29, 0.717) is 6.42 Å². The second kappa shape index (κ2) is 9.83. The molecule has 126 valence electrons. The predicted molar refractivity (Wildman–Crippen MR) is 90.3 cm³/mol. The standard InChI is InChI=1S/C14H27N5O2S/c1-18-7-9-19(10-8-18)6-4-2-3-5-11(20)17-14(22)12(15)13(16)21/h12H,2-10,15H2,1H3,(H2,16,21)(H,17,20,22). The third kappa shape index (κ3) is 7.26. The number of rotatable bonds is 8. The van der Waals surface area contributed by atoms with E-state index in [4.69, 9.17) is 23.7 Å². The Hall–Kier alpha value is -1.09. The molecule has 0 spiro atoms. The molecule has 1 heterocycles. The highest BCUT2D eigenvalue weighted by Gasteiger charge is 2.17. The monoisotopic (exact) mass is 329 g/mol. The minimum absolute atomic E-state index is 0.00469. The Morgan fingerprint density at radius 2 is 1.82 bits per heavy atom. The number of carbonyl (C=O) groups is 2. The summed E-state index contributed by atoms with van der Waals surface area (Å²) in [6.07, 6.45) is 3.26. The molecule has 0 saturated carbocycles. The van der Waals surface area contributed by atoms with Crippen LogP contribution in [0, 0.1) is 0 Å². The van der Waals surface area contributed by atoms with E-state index in [9.17, 15) is 9.59 Å². The minimum atomic E-state index is -1.10. The number of hydrogen-bond acceptors (Lipinski definition) is 6. The summed E-state index contributed by atoms with van der Waals surface area (Å²) in [7, 11) is 2.14. The van der Waals surface area contributed by atoms with Crippen molar-refractivity contribution < 1.29 is 9.59 Å². The van der Waals surface area contributed by atoms with E-state index in [1.165, 1.54) is 0 Å². The first kappa shape index (κ1) is 19.0. The topological polar surface area (TPSA) is 105 Å². The molecule has 0 radical (unpaired) electrons. The Kier molecular flexibility index (Phi) is 8.47. The largest absolute Gasteiger partial charge is 0.368 e. The first-order chi connectivity index (χ1) is 10.4. The predicted octanol–water partition coefficient (Wildman–Crippen LogP) is -0.950. The van der Waals surface area contributed by atoms with E-state index in [0.717, 1.165) is 52.0 Å². The van der Waals surface area contributed by atoms with Crippen LogP contribution >= 0.6 is 12.2 Å². The van der Waals surface area contributed by atoms with Gasteiger partial charge in [0, 0.05) is 32.6 Å². The Balaban J connectivity index is 2.05. The van der Waals surface area contributed by atoms with Crippen LogP contribution in [0.3, 0.4) is 0 Å². The lowest BCUT2D eigenvalue weighted by molar-refractivity contribution is -0.119. The quantitative estimate of drug-likeness (QED) is 0.392. The van der Waals surface area contributed by atoms with E-state index >= 15 is 0 Å². The summed E-state index contributed by atoms with van der Waals surface area (Å²) in [4.78, 5) is 27.3. The lowest BCUT2D eigenvalue weighted by Crippen LogP contribution is -2.49. The van der Waals surface area contributed by atoms with Gasteiger partial charge >= 0.3 is 0 Å². The van der Waals surface area contributed by atoms with Gasteiger partial charge in [-0.05, 0) is 26.4 Å². The van der Waals surface area contributed by atoms with Gasteiger partial charge in [-0.3, -0.25) is 9.59 Å². The van der Waals surface area contributed by atoms with Gasteiger partial charge in [-0.25, -0.2) is 0 Å². The summed E-state index contributed by atoms with van der Waals surface area (Å²) in [6, 6.07) is -1.10. The molecule has 1 rings (SSSR count). The molecule has 22 heavy (non-hydrogen) atoms. The van der Waals surface area contributed by atoms with E-state index in [2.05, 4.69) is 22.2 Å². The maximum atomic E-state index is 11.7. The normalized spacial score (nSPS) is 17.9. The van der Waals surface area contributed by atoms with Crippen molar-refractivity contribution in [3.8, 4) is 0 Å². The van der Waals surface area contributed by atoms with Gasteiger partial charge in [0.2, 0.25) is 11.8 Å². The number of carbonyl (C=O) groups excluding carboxylic acids is 2. The Bertz CT molecular complexity index is 397. The van der Waals surface area contributed by atoms with Crippen molar-refractivity contribution in [2.75, 3.05) is 39.8 Å². The fraction of sp³-hybridized carbons (Fsp3) is 0.786. The molecule has 1 fully saturated rings. The van der Waals surface area contributed by atoms with Crippen molar-refractivity contribution in [2.24, 2.45) is 11.5 Å². The summed E-state index contributed by atoms with van der Waals surface area (Å²) in [5, 5.41) is 2.46. The minimum Gasteiger partial charge on any atom is -0.368 e. The highest BCUT2D eigenvalue weighted by Crippen LogP contribution is 2.05. The smallest absolute Gasteiger partial charge is 0.241 e. The zero-order valence-corrected chi connectivity index (χ0v) is 14.0. The highest BCUT2D eigenvalue weighted by atomic mass is 32.1. The average molecular weight is 329 g/mol. The first-order valence-corrected chi connectivity index (χ1v) is 8.10. The van der Waals surface area contributed by atoms with Crippen LogP contribution in [0.25, 0.3) is 0 Å². The number of amides is 2. The van der Waals surface area contributed by atoms with Crippen molar-refractivity contribution in [1.82, 2.24) is 15.1 Å². The molecule has 1 unspecified atom stereocenters. The summed E-state index contributed by atoms with van der Waals surface area (Å²) >= 11 is 4.86.